The monoisotopic (exact) mass is 294 g/mol. The van der Waals surface area contributed by atoms with Crippen molar-refractivity contribution in [3.05, 3.63) is 59.2 Å². The van der Waals surface area contributed by atoms with Gasteiger partial charge in [0.05, 0.1) is 0 Å². The quantitative estimate of drug-likeness (QED) is 0.599. The topological polar surface area (TPSA) is 93.4 Å². The van der Waals surface area contributed by atoms with E-state index in [1.807, 2.05) is 13.0 Å². The van der Waals surface area contributed by atoms with Gasteiger partial charge in [-0.25, -0.2) is 0 Å². The molecule has 5 heteroatoms. The van der Waals surface area contributed by atoms with E-state index in [4.69, 9.17) is 5.26 Å². The second kappa shape index (κ2) is 6.46. The number of hydrogen-bond donors (Lipinski definition) is 3. The molecule has 0 saturated heterocycles. The lowest BCUT2D eigenvalue weighted by Crippen LogP contribution is -2.13. The van der Waals surface area contributed by atoms with Gasteiger partial charge in [0.2, 0.25) is 0 Å². The molecule has 1 amide bonds. The summed E-state index contributed by atoms with van der Waals surface area (Å²) < 4.78 is 0. The van der Waals surface area contributed by atoms with Crippen LogP contribution in [-0.2, 0) is 4.79 Å². The molecule has 0 aliphatic rings. The summed E-state index contributed by atoms with van der Waals surface area (Å²) in [5.41, 5.74) is 1.69. The molecule has 2 aromatic rings. The van der Waals surface area contributed by atoms with Gasteiger partial charge >= 0.3 is 0 Å². The first-order valence-electron chi connectivity index (χ1n) is 6.51. The van der Waals surface area contributed by atoms with Crippen LogP contribution in [-0.4, -0.2) is 16.1 Å². The molecular formula is C17H14N2O3. The fraction of sp³-hybridized carbons (Fsp3) is 0.0588. The van der Waals surface area contributed by atoms with Crippen molar-refractivity contribution in [2.24, 2.45) is 0 Å². The summed E-state index contributed by atoms with van der Waals surface area (Å²) in [6.45, 7) is 1.89. The number of hydrogen-bond acceptors (Lipinski definition) is 4. The van der Waals surface area contributed by atoms with Crippen molar-refractivity contribution in [1.82, 2.24) is 0 Å². The van der Waals surface area contributed by atoms with Gasteiger partial charge in [0.25, 0.3) is 5.91 Å². The molecule has 0 spiro atoms. The van der Waals surface area contributed by atoms with E-state index in [1.54, 1.807) is 24.3 Å². The number of carbonyl (C=O) groups excluding carboxylic acids is 1. The Bertz CT molecular complexity index is 789. The number of rotatable bonds is 3. The average Bonchev–Trinajstić information content (AvgIpc) is 2.46. The molecule has 0 aliphatic carbocycles. The van der Waals surface area contributed by atoms with Gasteiger partial charge in [-0.05, 0) is 42.8 Å². The Balaban J connectivity index is 2.26. The summed E-state index contributed by atoms with van der Waals surface area (Å²) in [5.74, 6) is -0.881. The zero-order chi connectivity index (χ0) is 16.1. The van der Waals surface area contributed by atoms with Crippen LogP contribution in [0.25, 0.3) is 6.08 Å². The number of anilines is 1. The first-order chi connectivity index (χ1) is 10.5. The molecule has 110 valence electrons. The van der Waals surface area contributed by atoms with E-state index in [2.05, 4.69) is 5.32 Å². The lowest BCUT2D eigenvalue weighted by molar-refractivity contribution is -0.112. The number of phenols is 2. The van der Waals surface area contributed by atoms with E-state index in [1.165, 1.54) is 18.2 Å². The molecule has 0 aromatic heterocycles. The van der Waals surface area contributed by atoms with E-state index in [0.29, 0.717) is 5.69 Å². The SMILES string of the molecule is Cc1cccc(NC(=O)/C(C#N)=C\c2ccc(O)cc2O)c1. The summed E-state index contributed by atoms with van der Waals surface area (Å²) in [7, 11) is 0. The van der Waals surface area contributed by atoms with E-state index in [-0.39, 0.29) is 22.6 Å². The van der Waals surface area contributed by atoms with Crippen molar-refractivity contribution in [3.8, 4) is 17.6 Å². The first-order valence-corrected chi connectivity index (χ1v) is 6.51. The smallest absolute Gasteiger partial charge is 0.266 e. The van der Waals surface area contributed by atoms with Gasteiger partial charge in [-0.3, -0.25) is 4.79 Å². The van der Waals surface area contributed by atoms with Crippen LogP contribution in [0.5, 0.6) is 11.5 Å². The highest BCUT2D eigenvalue weighted by atomic mass is 16.3. The molecule has 0 fully saturated rings. The number of benzene rings is 2. The van der Waals surface area contributed by atoms with Crippen molar-refractivity contribution < 1.29 is 15.0 Å². The number of nitriles is 1. The van der Waals surface area contributed by atoms with Crippen LogP contribution in [0.3, 0.4) is 0 Å². The molecule has 22 heavy (non-hydrogen) atoms. The van der Waals surface area contributed by atoms with Gasteiger partial charge in [-0.2, -0.15) is 5.26 Å². The van der Waals surface area contributed by atoms with Crippen molar-refractivity contribution in [1.29, 1.82) is 5.26 Å². The van der Waals surface area contributed by atoms with E-state index >= 15 is 0 Å². The summed E-state index contributed by atoms with van der Waals surface area (Å²) >= 11 is 0. The zero-order valence-corrected chi connectivity index (χ0v) is 11.9. The zero-order valence-electron chi connectivity index (χ0n) is 11.9. The largest absolute Gasteiger partial charge is 0.508 e. The van der Waals surface area contributed by atoms with Gasteiger partial charge in [0, 0.05) is 17.3 Å². The van der Waals surface area contributed by atoms with Crippen molar-refractivity contribution in [3.63, 3.8) is 0 Å². The fourth-order valence-electron chi connectivity index (χ4n) is 1.88. The summed E-state index contributed by atoms with van der Waals surface area (Å²) in [6.07, 6.45) is 1.26. The molecule has 0 unspecified atom stereocenters. The highest BCUT2D eigenvalue weighted by Gasteiger charge is 2.11. The maximum absolute atomic E-state index is 12.1. The number of nitrogens with one attached hydrogen (secondary N) is 1. The molecule has 0 saturated carbocycles. The minimum Gasteiger partial charge on any atom is -0.508 e. The van der Waals surface area contributed by atoms with Crippen LogP contribution < -0.4 is 5.32 Å². The molecule has 3 N–H and O–H groups in total. The molecule has 2 aromatic carbocycles. The molecule has 5 nitrogen and oxygen atoms in total. The van der Waals surface area contributed by atoms with Gasteiger partial charge in [-0.1, -0.05) is 12.1 Å². The average molecular weight is 294 g/mol. The van der Waals surface area contributed by atoms with Crippen LogP contribution >= 0.6 is 0 Å². The third kappa shape index (κ3) is 3.64. The summed E-state index contributed by atoms with van der Waals surface area (Å²) in [4.78, 5) is 12.1. The summed E-state index contributed by atoms with van der Waals surface area (Å²) in [5, 5.41) is 30.7. The van der Waals surface area contributed by atoms with Crippen molar-refractivity contribution >= 4 is 17.7 Å². The lowest BCUT2D eigenvalue weighted by Gasteiger charge is -2.05. The Morgan fingerprint density at radius 1 is 1.23 bits per heavy atom. The number of nitrogens with zero attached hydrogens (tertiary/aromatic N) is 1. The summed E-state index contributed by atoms with van der Waals surface area (Å²) in [6, 6.07) is 12.9. The van der Waals surface area contributed by atoms with Crippen LogP contribution in [0.4, 0.5) is 5.69 Å². The van der Waals surface area contributed by atoms with Crippen molar-refractivity contribution in [2.45, 2.75) is 6.92 Å². The molecule has 2 rings (SSSR count). The molecule has 0 atom stereocenters. The van der Waals surface area contributed by atoms with Crippen LogP contribution in [0, 0.1) is 18.3 Å². The highest BCUT2D eigenvalue weighted by Crippen LogP contribution is 2.24. The Morgan fingerprint density at radius 3 is 2.64 bits per heavy atom. The third-order valence-corrected chi connectivity index (χ3v) is 2.95. The van der Waals surface area contributed by atoms with Crippen LogP contribution in [0.2, 0.25) is 0 Å². The first kappa shape index (κ1) is 15.1. The highest BCUT2D eigenvalue weighted by molar-refractivity contribution is 6.09. The molecule has 0 heterocycles. The predicted octanol–water partition coefficient (Wildman–Crippen LogP) is 2.95. The number of aromatic hydroxyl groups is 2. The standard InChI is InChI=1S/C17H14N2O3/c1-11-3-2-4-14(7-11)19-17(22)13(10-18)8-12-5-6-15(20)9-16(12)21/h2-9,20-21H,1H3,(H,19,22)/b13-8-. The lowest BCUT2D eigenvalue weighted by atomic mass is 10.1. The molecule has 0 radical (unpaired) electrons. The van der Waals surface area contributed by atoms with E-state index in [0.717, 1.165) is 11.6 Å². The fourth-order valence-corrected chi connectivity index (χ4v) is 1.88. The van der Waals surface area contributed by atoms with Gasteiger partial charge in [-0.15, -0.1) is 0 Å². The third-order valence-electron chi connectivity index (χ3n) is 2.95. The van der Waals surface area contributed by atoms with E-state index < -0.39 is 5.91 Å². The molecular weight excluding hydrogens is 280 g/mol. The van der Waals surface area contributed by atoms with Crippen LogP contribution in [0.15, 0.2) is 48.0 Å². The van der Waals surface area contributed by atoms with Crippen molar-refractivity contribution in [2.75, 3.05) is 5.32 Å². The maximum atomic E-state index is 12.1. The second-order valence-corrected chi connectivity index (χ2v) is 4.74. The number of amides is 1. The van der Waals surface area contributed by atoms with E-state index in [9.17, 15) is 15.0 Å². The minimum atomic E-state index is -0.569. The number of carbonyl (C=O) groups is 1. The van der Waals surface area contributed by atoms with Gasteiger partial charge in [0.15, 0.2) is 0 Å². The Labute approximate surface area is 127 Å². The second-order valence-electron chi connectivity index (χ2n) is 4.74. The predicted molar refractivity (Wildman–Crippen MR) is 83.2 cm³/mol. The normalized spacial score (nSPS) is 10.8. The minimum absolute atomic E-state index is 0.0997. The molecule has 0 aliphatic heterocycles. The number of aryl methyl sites for hydroxylation is 1. The van der Waals surface area contributed by atoms with Gasteiger partial charge in [0.1, 0.15) is 23.1 Å². The Morgan fingerprint density at radius 2 is 2.00 bits per heavy atom. The molecule has 0 bridgehead atoms. The number of phenolic OH excluding ortho intramolecular Hbond substituents is 2. The Hall–Kier alpha value is -3.26. The van der Waals surface area contributed by atoms with Gasteiger partial charge < -0.3 is 15.5 Å². The van der Waals surface area contributed by atoms with Crippen LogP contribution in [0.1, 0.15) is 11.1 Å². The Kier molecular flexibility index (Phi) is 4.44. The maximum Gasteiger partial charge on any atom is 0.266 e.